The van der Waals surface area contributed by atoms with Gasteiger partial charge in [0.25, 0.3) is 0 Å². The molecule has 0 rings (SSSR count). The fourth-order valence-corrected chi connectivity index (χ4v) is 4.69. The number of hydrogen-bond donors (Lipinski definition) is 1. The molecule has 0 aliphatic carbocycles. The molecule has 0 heterocycles. The van der Waals surface area contributed by atoms with Gasteiger partial charge in [0.05, 0.1) is 0 Å². The van der Waals surface area contributed by atoms with Crippen LogP contribution in [0.4, 0.5) is 0 Å². The van der Waals surface area contributed by atoms with Crippen LogP contribution in [-0.4, -0.2) is 35.7 Å². The molecule has 1 unspecified atom stereocenters. The van der Waals surface area contributed by atoms with E-state index in [0.29, 0.717) is 5.92 Å². The SMILES string of the molecule is CCCCCC(CCC[Si](OC)(OC)OC)CC(C)(C)N.Cl. The molecule has 2 N–H and O–H groups in total. The second kappa shape index (κ2) is 12.7. The number of hydrogen-bond acceptors (Lipinski definition) is 4. The highest BCUT2D eigenvalue weighted by Gasteiger charge is 2.37. The van der Waals surface area contributed by atoms with E-state index in [1.54, 1.807) is 21.3 Å². The van der Waals surface area contributed by atoms with E-state index < -0.39 is 8.80 Å². The third kappa shape index (κ3) is 11.0. The lowest BCUT2D eigenvalue weighted by atomic mass is 9.85. The number of rotatable bonds is 13. The van der Waals surface area contributed by atoms with Gasteiger partial charge in [-0.15, -0.1) is 12.4 Å². The third-order valence-corrected chi connectivity index (χ3v) is 6.89. The van der Waals surface area contributed by atoms with Crippen LogP contribution in [0, 0.1) is 5.92 Å². The molecule has 0 saturated carbocycles. The van der Waals surface area contributed by atoms with E-state index in [4.69, 9.17) is 19.0 Å². The van der Waals surface area contributed by atoms with E-state index in [0.717, 1.165) is 18.9 Å². The van der Waals surface area contributed by atoms with Crippen molar-refractivity contribution in [2.45, 2.75) is 77.3 Å². The summed E-state index contributed by atoms with van der Waals surface area (Å²) < 4.78 is 16.5. The molecular formula is C16H38ClNO3Si. The lowest BCUT2D eigenvalue weighted by molar-refractivity contribution is 0.122. The standard InChI is InChI=1S/C16H37NO3Si.ClH/c1-7-8-9-11-15(14-16(2,3)17)12-10-13-21(18-4,19-5)20-6;/h15H,7-14,17H2,1-6H3;1H. The van der Waals surface area contributed by atoms with Crippen LogP contribution in [0.3, 0.4) is 0 Å². The Morgan fingerprint density at radius 2 is 1.45 bits per heavy atom. The summed E-state index contributed by atoms with van der Waals surface area (Å²) in [6.07, 6.45) is 8.50. The van der Waals surface area contributed by atoms with Gasteiger partial charge in [0.15, 0.2) is 0 Å². The van der Waals surface area contributed by atoms with Gasteiger partial charge in [-0.3, -0.25) is 0 Å². The molecule has 0 saturated heterocycles. The smallest absolute Gasteiger partial charge is 0.377 e. The fraction of sp³-hybridized carbons (Fsp3) is 1.00. The number of unbranched alkanes of at least 4 members (excludes halogenated alkanes) is 2. The molecule has 0 aromatic carbocycles. The first kappa shape index (κ1) is 24.6. The maximum atomic E-state index is 6.21. The van der Waals surface area contributed by atoms with Crippen LogP contribution in [0.25, 0.3) is 0 Å². The Morgan fingerprint density at radius 1 is 0.955 bits per heavy atom. The molecular weight excluding hydrogens is 318 g/mol. The normalized spacial score (nSPS) is 13.8. The maximum Gasteiger partial charge on any atom is 0.500 e. The minimum atomic E-state index is -2.41. The highest BCUT2D eigenvalue weighted by molar-refractivity contribution is 6.60. The average molecular weight is 356 g/mol. The van der Waals surface area contributed by atoms with Gasteiger partial charge < -0.3 is 19.0 Å². The molecule has 0 aliphatic heterocycles. The predicted octanol–water partition coefficient (Wildman–Crippen LogP) is 4.39. The van der Waals surface area contributed by atoms with E-state index >= 15 is 0 Å². The van der Waals surface area contributed by atoms with Gasteiger partial charge in [-0.25, -0.2) is 0 Å². The van der Waals surface area contributed by atoms with Gasteiger partial charge >= 0.3 is 8.80 Å². The number of halogens is 1. The van der Waals surface area contributed by atoms with Crippen LogP contribution in [0.2, 0.25) is 6.04 Å². The van der Waals surface area contributed by atoms with Crippen LogP contribution in [0.5, 0.6) is 0 Å². The summed E-state index contributed by atoms with van der Waals surface area (Å²) >= 11 is 0. The van der Waals surface area contributed by atoms with Crippen LogP contribution < -0.4 is 5.73 Å². The molecule has 0 fully saturated rings. The quantitative estimate of drug-likeness (QED) is 0.393. The average Bonchev–Trinajstić information content (AvgIpc) is 2.42. The monoisotopic (exact) mass is 355 g/mol. The minimum absolute atomic E-state index is 0. The zero-order chi connectivity index (χ0) is 16.4. The Labute approximate surface area is 145 Å². The minimum Gasteiger partial charge on any atom is -0.377 e. The summed E-state index contributed by atoms with van der Waals surface area (Å²) in [6.45, 7) is 6.49. The molecule has 0 amide bonds. The first-order chi connectivity index (χ1) is 9.82. The Hall–Kier alpha value is 0.347. The predicted molar refractivity (Wildman–Crippen MR) is 98.6 cm³/mol. The number of nitrogens with two attached hydrogens (primary N) is 1. The molecule has 1 atom stereocenters. The van der Waals surface area contributed by atoms with E-state index in [-0.39, 0.29) is 17.9 Å². The van der Waals surface area contributed by atoms with E-state index in [1.165, 1.54) is 32.1 Å². The molecule has 0 spiro atoms. The van der Waals surface area contributed by atoms with Crippen molar-refractivity contribution in [2.75, 3.05) is 21.3 Å². The van der Waals surface area contributed by atoms with Gasteiger partial charge in [-0.05, 0) is 32.6 Å². The highest BCUT2D eigenvalue weighted by atomic mass is 35.5. The van der Waals surface area contributed by atoms with Gasteiger partial charge in [-0.1, -0.05) is 39.0 Å². The van der Waals surface area contributed by atoms with Crippen molar-refractivity contribution in [3.63, 3.8) is 0 Å². The van der Waals surface area contributed by atoms with Crippen molar-refractivity contribution >= 4 is 21.2 Å². The highest BCUT2D eigenvalue weighted by Crippen LogP contribution is 2.27. The van der Waals surface area contributed by atoms with Crippen molar-refractivity contribution in [3.8, 4) is 0 Å². The molecule has 6 heteroatoms. The zero-order valence-electron chi connectivity index (χ0n) is 15.4. The molecule has 0 aromatic rings. The fourth-order valence-electron chi connectivity index (χ4n) is 2.94. The van der Waals surface area contributed by atoms with Crippen LogP contribution in [0.15, 0.2) is 0 Å². The van der Waals surface area contributed by atoms with Crippen LogP contribution >= 0.6 is 12.4 Å². The first-order valence-corrected chi connectivity index (χ1v) is 10.2. The third-order valence-electron chi connectivity index (χ3n) is 4.06. The molecule has 0 bridgehead atoms. The van der Waals surface area contributed by atoms with Crippen molar-refractivity contribution in [1.29, 1.82) is 0 Å². The van der Waals surface area contributed by atoms with Crippen molar-refractivity contribution in [3.05, 3.63) is 0 Å². The summed E-state index contributed by atoms with van der Waals surface area (Å²) in [5.74, 6) is 0.689. The van der Waals surface area contributed by atoms with Crippen molar-refractivity contribution in [2.24, 2.45) is 11.7 Å². The van der Waals surface area contributed by atoms with Crippen molar-refractivity contribution in [1.82, 2.24) is 0 Å². The largest absolute Gasteiger partial charge is 0.500 e. The second-order valence-electron chi connectivity index (χ2n) is 6.74. The summed E-state index contributed by atoms with van der Waals surface area (Å²) in [7, 11) is 2.63. The Balaban J connectivity index is 0. The molecule has 0 aliphatic rings. The molecule has 136 valence electrons. The van der Waals surface area contributed by atoms with E-state index in [1.807, 2.05) is 0 Å². The lowest BCUT2D eigenvalue weighted by Gasteiger charge is -2.28. The van der Waals surface area contributed by atoms with E-state index in [9.17, 15) is 0 Å². The zero-order valence-corrected chi connectivity index (χ0v) is 17.3. The van der Waals surface area contributed by atoms with Gasteiger partial charge in [0.1, 0.15) is 0 Å². The van der Waals surface area contributed by atoms with Crippen LogP contribution in [-0.2, 0) is 13.3 Å². The van der Waals surface area contributed by atoms with E-state index in [2.05, 4.69) is 20.8 Å². The Morgan fingerprint density at radius 3 is 1.86 bits per heavy atom. The maximum absolute atomic E-state index is 6.21. The lowest BCUT2D eigenvalue weighted by Crippen LogP contribution is -2.42. The van der Waals surface area contributed by atoms with Gasteiger partial charge in [0.2, 0.25) is 0 Å². The van der Waals surface area contributed by atoms with Gasteiger partial charge in [0, 0.05) is 32.9 Å². The first-order valence-electron chi connectivity index (χ1n) is 8.26. The van der Waals surface area contributed by atoms with Gasteiger partial charge in [-0.2, -0.15) is 0 Å². The summed E-state index contributed by atoms with van der Waals surface area (Å²) in [4.78, 5) is 0. The molecule has 0 radical (unpaired) electrons. The Kier molecular flexibility index (Phi) is 14.2. The molecule has 0 aromatic heterocycles. The molecule has 22 heavy (non-hydrogen) atoms. The van der Waals surface area contributed by atoms with Crippen molar-refractivity contribution < 1.29 is 13.3 Å². The van der Waals surface area contributed by atoms with Crippen LogP contribution in [0.1, 0.15) is 65.7 Å². The summed E-state index contributed by atoms with van der Waals surface area (Å²) in [5, 5.41) is 0. The summed E-state index contributed by atoms with van der Waals surface area (Å²) in [6, 6.07) is 0.881. The summed E-state index contributed by atoms with van der Waals surface area (Å²) in [5.41, 5.74) is 6.12. The second-order valence-corrected chi connectivity index (χ2v) is 9.83. The Bertz CT molecular complexity index is 250. The molecule has 4 nitrogen and oxygen atoms in total. The topological polar surface area (TPSA) is 53.7 Å².